The van der Waals surface area contributed by atoms with Crippen molar-refractivity contribution < 1.29 is 14.3 Å². The highest BCUT2D eigenvalue weighted by atomic mass is 127. The average molecular weight is 561 g/mol. The number of nitrogens with one attached hydrogen (secondary N) is 3. The molecular formula is C24H41IN4O3. The molecule has 0 spiro atoms. The summed E-state index contributed by atoms with van der Waals surface area (Å²) in [7, 11) is 0. The van der Waals surface area contributed by atoms with Crippen molar-refractivity contribution in [3.8, 4) is 0 Å². The van der Waals surface area contributed by atoms with Gasteiger partial charge >= 0.3 is 0 Å². The molecule has 1 fully saturated rings. The third-order valence-corrected chi connectivity index (χ3v) is 5.31. The van der Waals surface area contributed by atoms with Gasteiger partial charge in [0.2, 0.25) is 0 Å². The van der Waals surface area contributed by atoms with E-state index in [4.69, 9.17) is 9.47 Å². The van der Waals surface area contributed by atoms with Gasteiger partial charge in [0.25, 0.3) is 5.91 Å². The summed E-state index contributed by atoms with van der Waals surface area (Å²) in [6.07, 6.45) is 3.39. The summed E-state index contributed by atoms with van der Waals surface area (Å²) < 4.78 is 11.4. The summed E-state index contributed by atoms with van der Waals surface area (Å²) in [5.41, 5.74) is 1.65. The van der Waals surface area contributed by atoms with Crippen LogP contribution in [-0.4, -0.2) is 56.9 Å². The van der Waals surface area contributed by atoms with E-state index in [1.54, 1.807) is 0 Å². The molecule has 1 amide bonds. The maximum Gasteiger partial charge on any atom is 0.251 e. The Morgan fingerprint density at radius 3 is 2.72 bits per heavy atom. The van der Waals surface area contributed by atoms with E-state index >= 15 is 0 Å². The van der Waals surface area contributed by atoms with E-state index in [1.807, 2.05) is 38.1 Å². The maximum atomic E-state index is 12.5. The van der Waals surface area contributed by atoms with Gasteiger partial charge in [0.1, 0.15) is 0 Å². The van der Waals surface area contributed by atoms with Crippen LogP contribution in [0.4, 0.5) is 0 Å². The van der Waals surface area contributed by atoms with Gasteiger partial charge in [-0.1, -0.05) is 26.0 Å². The molecule has 0 saturated carbocycles. The molecule has 32 heavy (non-hydrogen) atoms. The number of guanidine groups is 1. The monoisotopic (exact) mass is 560 g/mol. The number of carbonyl (C=O) groups excluding carboxylic acids is 1. The van der Waals surface area contributed by atoms with E-state index in [0.29, 0.717) is 24.6 Å². The Balaban J connectivity index is 0.00000512. The van der Waals surface area contributed by atoms with Crippen LogP contribution in [-0.2, 0) is 16.0 Å². The Labute approximate surface area is 210 Å². The second-order valence-electron chi connectivity index (χ2n) is 8.19. The van der Waals surface area contributed by atoms with E-state index < -0.39 is 0 Å². The molecule has 1 aliphatic heterocycles. The van der Waals surface area contributed by atoms with Gasteiger partial charge in [0.15, 0.2) is 5.96 Å². The quantitative estimate of drug-likeness (QED) is 0.206. The number of amides is 1. The fraction of sp³-hybridized carbons (Fsp3) is 0.667. The van der Waals surface area contributed by atoms with E-state index in [1.165, 1.54) is 0 Å². The minimum absolute atomic E-state index is 0. The minimum Gasteiger partial charge on any atom is -0.378 e. The lowest BCUT2D eigenvalue weighted by molar-refractivity contribution is 0.0258. The van der Waals surface area contributed by atoms with Crippen LogP contribution in [0.1, 0.15) is 62.9 Å². The van der Waals surface area contributed by atoms with Crippen LogP contribution in [0.2, 0.25) is 0 Å². The number of halogens is 1. The Kier molecular flexibility index (Phi) is 14.6. The molecule has 3 N–H and O–H groups in total. The first-order chi connectivity index (χ1) is 15.0. The third kappa shape index (κ3) is 10.5. The molecule has 0 bridgehead atoms. The van der Waals surface area contributed by atoms with Crippen molar-refractivity contribution in [1.29, 1.82) is 0 Å². The van der Waals surface area contributed by atoms with Crippen molar-refractivity contribution in [2.24, 2.45) is 10.9 Å². The van der Waals surface area contributed by atoms with E-state index in [-0.39, 0.29) is 42.1 Å². The molecule has 2 unspecified atom stereocenters. The first kappa shape index (κ1) is 28.6. The van der Waals surface area contributed by atoms with Crippen molar-refractivity contribution in [1.82, 2.24) is 16.0 Å². The summed E-state index contributed by atoms with van der Waals surface area (Å²) in [4.78, 5) is 17.2. The van der Waals surface area contributed by atoms with Crippen molar-refractivity contribution >= 4 is 35.8 Å². The van der Waals surface area contributed by atoms with Crippen LogP contribution >= 0.6 is 24.0 Å². The number of nitrogens with zero attached hydrogens (tertiary/aromatic N) is 1. The van der Waals surface area contributed by atoms with Gasteiger partial charge in [0.05, 0.1) is 18.8 Å². The Morgan fingerprint density at radius 1 is 1.25 bits per heavy atom. The largest absolute Gasteiger partial charge is 0.378 e. The van der Waals surface area contributed by atoms with Crippen molar-refractivity contribution in [2.45, 2.75) is 65.7 Å². The van der Waals surface area contributed by atoms with Gasteiger partial charge in [-0.3, -0.25) is 4.79 Å². The number of benzene rings is 1. The molecule has 1 aromatic carbocycles. The van der Waals surface area contributed by atoms with Gasteiger partial charge in [-0.2, -0.15) is 0 Å². The number of ether oxygens (including phenoxy) is 2. The molecule has 182 valence electrons. The highest BCUT2D eigenvalue weighted by Gasteiger charge is 2.17. The molecular weight excluding hydrogens is 519 g/mol. The molecule has 8 heteroatoms. The fourth-order valence-electron chi connectivity index (χ4n) is 3.59. The highest BCUT2D eigenvalue weighted by Crippen LogP contribution is 2.12. The van der Waals surface area contributed by atoms with Crippen molar-refractivity contribution in [2.75, 3.05) is 32.8 Å². The van der Waals surface area contributed by atoms with Gasteiger partial charge in [0, 0.05) is 38.4 Å². The summed E-state index contributed by atoms with van der Waals surface area (Å²) in [5.74, 6) is 1.19. The lowest BCUT2D eigenvalue weighted by Gasteiger charge is -2.21. The van der Waals surface area contributed by atoms with Crippen LogP contribution in [0.15, 0.2) is 29.3 Å². The second kappa shape index (κ2) is 16.3. The first-order valence-electron chi connectivity index (χ1n) is 11.7. The molecule has 7 nitrogen and oxygen atoms in total. The smallest absolute Gasteiger partial charge is 0.251 e. The Hall–Kier alpha value is -1.39. The fourth-order valence-corrected chi connectivity index (χ4v) is 3.59. The third-order valence-electron chi connectivity index (χ3n) is 5.31. The van der Waals surface area contributed by atoms with E-state index in [9.17, 15) is 4.79 Å². The number of hydrogen-bond acceptors (Lipinski definition) is 4. The SMILES string of the molecule is CCNC(=NCc1cccc(C(=O)NCC2CCCO2)c1)NCCC(OCC)C(C)C.I. The predicted octanol–water partition coefficient (Wildman–Crippen LogP) is 3.72. The zero-order valence-corrected chi connectivity index (χ0v) is 22.3. The van der Waals surface area contributed by atoms with Gasteiger partial charge in [-0.05, 0) is 56.7 Å². The Morgan fingerprint density at radius 2 is 2.06 bits per heavy atom. The van der Waals surface area contributed by atoms with Crippen LogP contribution in [0.5, 0.6) is 0 Å². The minimum atomic E-state index is -0.0676. The topological polar surface area (TPSA) is 84.0 Å². The van der Waals surface area contributed by atoms with Crippen molar-refractivity contribution in [3.63, 3.8) is 0 Å². The number of aliphatic imine (C=N–C) groups is 1. The zero-order valence-electron chi connectivity index (χ0n) is 20.0. The van der Waals surface area contributed by atoms with Crippen LogP contribution in [0.3, 0.4) is 0 Å². The molecule has 1 saturated heterocycles. The van der Waals surface area contributed by atoms with Crippen LogP contribution in [0.25, 0.3) is 0 Å². The summed E-state index contributed by atoms with van der Waals surface area (Å²) in [6, 6.07) is 7.64. The maximum absolute atomic E-state index is 12.5. The Bertz CT molecular complexity index is 694. The molecule has 2 rings (SSSR count). The van der Waals surface area contributed by atoms with Crippen LogP contribution < -0.4 is 16.0 Å². The molecule has 0 radical (unpaired) electrons. The standard InChI is InChI=1S/C24H40N4O3.HI/c1-5-25-24(26-13-12-22(18(3)4)30-6-2)28-16-19-9-7-10-20(15-19)23(29)27-17-21-11-8-14-31-21;/h7,9-10,15,18,21-22H,5-6,8,11-14,16-17H2,1-4H3,(H,27,29)(H2,25,26,28);1H. The number of hydrogen-bond donors (Lipinski definition) is 3. The van der Waals surface area contributed by atoms with Crippen molar-refractivity contribution in [3.05, 3.63) is 35.4 Å². The molecule has 1 heterocycles. The summed E-state index contributed by atoms with van der Waals surface area (Å²) in [6.45, 7) is 12.6. The number of rotatable bonds is 12. The molecule has 0 aliphatic carbocycles. The lowest BCUT2D eigenvalue weighted by atomic mass is 10.0. The molecule has 1 aliphatic rings. The average Bonchev–Trinajstić information content (AvgIpc) is 3.29. The lowest BCUT2D eigenvalue weighted by Crippen LogP contribution is -2.39. The van der Waals surface area contributed by atoms with Gasteiger partial charge in [-0.25, -0.2) is 4.99 Å². The van der Waals surface area contributed by atoms with Gasteiger partial charge in [-0.15, -0.1) is 24.0 Å². The molecule has 0 aromatic heterocycles. The molecule has 2 atom stereocenters. The first-order valence-corrected chi connectivity index (χ1v) is 11.7. The highest BCUT2D eigenvalue weighted by molar-refractivity contribution is 14.0. The normalized spacial score (nSPS) is 17.0. The van der Waals surface area contributed by atoms with E-state index in [0.717, 1.165) is 57.1 Å². The van der Waals surface area contributed by atoms with E-state index in [2.05, 4.69) is 34.8 Å². The molecule has 1 aromatic rings. The predicted molar refractivity (Wildman–Crippen MR) is 141 cm³/mol. The van der Waals surface area contributed by atoms with Crippen LogP contribution in [0, 0.1) is 5.92 Å². The second-order valence-corrected chi connectivity index (χ2v) is 8.19. The summed E-state index contributed by atoms with van der Waals surface area (Å²) >= 11 is 0. The van der Waals surface area contributed by atoms with Gasteiger partial charge < -0.3 is 25.4 Å². The number of carbonyl (C=O) groups is 1. The summed E-state index contributed by atoms with van der Waals surface area (Å²) in [5, 5.41) is 9.65. The zero-order chi connectivity index (χ0) is 22.5.